The summed E-state index contributed by atoms with van der Waals surface area (Å²) >= 11 is 0. The molecular weight excluding hydrogens is 583 g/mol. The van der Waals surface area contributed by atoms with Crippen molar-refractivity contribution >= 4 is 32.8 Å². The van der Waals surface area contributed by atoms with Crippen molar-refractivity contribution in [1.29, 1.82) is 0 Å². The summed E-state index contributed by atoms with van der Waals surface area (Å²) in [5, 5.41) is 2.58. The van der Waals surface area contributed by atoms with Crippen LogP contribution in [0.3, 0.4) is 0 Å². The number of fused-ring (bicyclic) bond motifs is 10. The molecule has 0 saturated heterocycles. The molecule has 0 radical (unpaired) electrons. The topological polar surface area (TPSA) is 14.8 Å². The first kappa shape index (κ1) is 26.1. The number of para-hydroxylation sites is 3. The van der Waals surface area contributed by atoms with E-state index in [9.17, 15) is 0 Å². The van der Waals surface area contributed by atoms with Gasteiger partial charge in [0.1, 0.15) is 6.04 Å². The summed E-state index contributed by atoms with van der Waals surface area (Å²) in [7, 11) is 0. The van der Waals surface area contributed by atoms with E-state index in [4.69, 9.17) is 0 Å². The van der Waals surface area contributed by atoms with Gasteiger partial charge in [0.05, 0.1) is 27.5 Å². The molecule has 3 heteroatoms. The van der Waals surface area contributed by atoms with Crippen LogP contribution in [0.2, 0.25) is 0 Å². The molecule has 0 saturated carbocycles. The zero-order valence-corrected chi connectivity index (χ0v) is 26.2. The van der Waals surface area contributed by atoms with Gasteiger partial charge in [0.15, 0.2) is 6.17 Å². The molecule has 226 valence electrons. The standard InChI is InChI=1S/C45H31N3/c1-3-15-30(16-4-1)43-44(48-41-26-14-13-25-40(41)47(43)48)46-39-24-12-9-21-35(39)36-28-27-32(29-42(36)46)45(31-17-5-2-6-18-31)37-22-10-7-19-33(37)34-20-8-11-23-38(34)45/h1-29,43-44H. The molecule has 0 N–H and O–H groups in total. The summed E-state index contributed by atoms with van der Waals surface area (Å²) in [6.45, 7) is 0. The Morgan fingerprint density at radius 1 is 0.396 bits per heavy atom. The molecule has 3 heterocycles. The highest BCUT2D eigenvalue weighted by Gasteiger charge is 2.47. The molecule has 0 fully saturated rings. The fraction of sp³-hybridized carbons (Fsp3) is 0.0667. The first-order valence-electron chi connectivity index (χ1n) is 16.9. The van der Waals surface area contributed by atoms with Gasteiger partial charge in [0.25, 0.3) is 0 Å². The lowest BCUT2D eigenvalue weighted by Crippen LogP contribution is -2.49. The molecule has 1 aliphatic heterocycles. The van der Waals surface area contributed by atoms with Crippen molar-refractivity contribution in [2.75, 3.05) is 0 Å². The van der Waals surface area contributed by atoms with E-state index in [1.807, 2.05) is 0 Å². The highest BCUT2D eigenvalue weighted by atomic mass is 15.6. The normalized spacial score (nSPS) is 17.3. The third-order valence-corrected chi connectivity index (χ3v) is 11.1. The second-order valence-electron chi connectivity index (χ2n) is 13.3. The SMILES string of the molecule is c1ccc(C2C(n3c4ccccc4c4ccc(C5(c6ccccc6)c6ccccc6-c6ccccc65)cc43)n3c4ccccc4n32)cc1. The summed E-state index contributed by atoms with van der Waals surface area (Å²) in [6, 6.07) is 65.4. The van der Waals surface area contributed by atoms with Crippen molar-refractivity contribution in [1.82, 2.24) is 13.9 Å². The third kappa shape index (κ3) is 3.14. The van der Waals surface area contributed by atoms with Gasteiger partial charge in [-0.1, -0.05) is 152 Å². The summed E-state index contributed by atoms with van der Waals surface area (Å²) in [4.78, 5) is 0. The lowest BCUT2D eigenvalue weighted by molar-refractivity contribution is 0.145. The minimum atomic E-state index is -0.447. The van der Waals surface area contributed by atoms with Gasteiger partial charge in [-0.3, -0.25) is 9.36 Å². The van der Waals surface area contributed by atoms with E-state index in [2.05, 4.69) is 190 Å². The predicted molar refractivity (Wildman–Crippen MR) is 196 cm³/mol. The van der Waals surface area contributed by atoms with Gasteiger partial charge in [-0.2, -0.15) is 0 Å². The molecule has 2 unspecified atom stereocenters. The number of nitrogens with zero attached hydrogens (tertiary/aromatic N) is 3. The highest BCUT2D eigenvalue weighted by Crippen LogP contribution is 2.57. The maximum Gasteiger partial charge on any atom is 0.152 e. The molecule has 2 aromatic heterocycles. The van der Waals surface area contributed by atoms with Crippen LogP contribution in [0.1, 0.15) is 40.0 Å². The zero-order chi connectivity index (χ0) is 31.4. The molecule has 2 atom stereocenters. The Morgan fingerprint density at radius 3 is 1.65 bits per heavy atom. The van der Waals surface area contributed by atoms with Crippen LogP contribution in [0.4, 0.5) is 0 Å². The number of hydrogen-bond acceptors (Lipinski definition) is 0. The minimum Gasteiger partial charge on any atom is -0.315 e. The molecule has 0 spiro atoms. The van der Waals surface area contributed by atoms with Crippen LogP contribution in [0.25, 0.3) is 44.0 Å². The summed E-state index contributed by atoms with van der Waals surface area (Å²) in [5.41, 5.74) is 13.9. The van der Waals surface area contributed by atoms with Gasteiger partial charge < -0.3 is 4.57 Å². The van der Waals surface area contributed by atoms with E-state index < -0.39 is 5.41 Å². The van der Waals surface area contributed by atoms with E-state index in [1.165, 1.54) is 71.8 Å². The molecule has 2 aliphatic rings. The van der Waals surface area contributed by atoms with E-state index in [0.717, 1.165) is 0 Å². The third-order valence-electron chi connectivity index (χ3n) is 11.1. The smallest absolute Gasteiger partial charge is 0.152 e. The van der Waals surface area contributed by atoms with Gasteiger partial charge in [-0.05, 0) is 63.2 Å². The molecule has 1 aliphatic carbocycles. The molecule has 7 aromatic carbocycles. The summed E-state index contributed by atoms with van der Waals surface area (Å²) in [5.74, 6) is 0. The van der Waals surface area contributed by atoms with Crippen LogP contribution < -0.4 is 0 Å². The van der Waals surface area contributed by atoms with Crippen molar-refractivity contribution in [2.24, 2.45) is 0 Å². The molecule has 3 nitrogen and oxygen atoms in total. The van der Waals surface area contributed by atoms with Crippen LogP contribution in [0.5, 0.6) is 0 Å². The van der Waals surface area contributed by atoms with Crippen molar-refractivity contribution < 1.29 is 0 Å². The lowest BCUT2D eigenvalue weighted by Gasteiger charge is -2.50. The Morgan fingerprint density at radius 2 is 0.938 bits per heavy atom. The van der Waals surface area contributed by atoms with Gasteiger partial charge in [-0.15, -0.1) is 0 Å². The van der Waals surface area contributed by atoms with Gasteiger partial charge in [0, 0.05) is 10.8 Å². The first-order chi connectivity index (χ1) is 23.9. The number of rotatable bonds is 4. The minimum absolute atomic E-state index is 0.0933. The maximum absolute atomic E-state index is 2.63. The van der Waals surface area contributed by atoms with Gasteiger partial charge in [-0.25, -0.2) is 0 Å². The molecule has 11 rings (SSSR count). The Labute approximate surface area is 278 Å². The lowest BCUT2D eigenvalue weighted by atomic mass is 9.67. The van der Waals surface area contributed by atoms with Crippen LogP contribution in [0, 0.1) is 0 Å². The largest absolute Gasteiger partial charge is 0.315 e. The second-order valence-corrected chi connectivity index (χ2v) is 13.3. The average molecular weight is 614 g/mol. The van der Waals surface area contributed by atoms with E-state index >= 15 is 0 Å². The Hall–Kier alpha value is -6.06. The number of benzene rings is 7. The van der Waals surface area contributed by atoms with Crippen molar-refractivity contribution in [2.45, 2.75) is 17.6 Å². The molecule has 48 heavy (non-hydrogen) atoms. The Bertz CT molecular complexity index is 2640. The van der Waals surface area contributed by atoms with Crippen LogP contribution in [-0.4, -0.2) is 13.9 Å². The van der Waals surface area contributed by atoms with Gasteiger partial charge >= 0.3 is 0 Å². The van der Waals surface area contributed by atoms with E-state index in [1.54, 1.807) is 0 Å². The highest BCUT2D eigenvalue weighted by molar-refractivity contribution is 6.09. The average Bonchev–Trinajstić information content (AvgIpc) is 3.63. The molecule has 0 amide bonds. The van der Waals surface area contributed by atoms with Crippen molar-refractivity contribution in [3.63, 3.8) is 0 Å². The molecule has 0 bridgehead atoms. The van der Waals surface area contributed by atoms with Gasteiger partial charge in [0.2, 0.25) is 0 Å². The Kier molecular flexibility index (Phi) is 5.15. The monoisotopic (exact) mass is 613 g/mol. The first-order valence-corrected chi connectivity index (χ1v) is 16.9. The fourth-order valence-corrected chi connectivity index (χ4v) is 9.23. The fourth-order valence-electron chi connectivity index (χ4n) is 9.23. The van der Waals surface area contributed by atoms with Crippen molar-refractivity contribution in [3.8, 4) is 11.1 Å². The quantitative estimate of drug-likeness (QED) is 0.188. The van der Waals surface area contributed by atoms with E-state index in [-0.39, 0.29) is 12.2 Å². The summed E-state index contributed by atoms with van der Waals surface area (Å²) in [6.07, 6.45) is 0.0933. The van der Waals surface area contributed by atoms with E-state index in [0.29, 0.717) is 0 Å². The number of aromatic nitrogens is 3. The number of hydrogen-bond donors (Lipinski definition) is 0. The molecule has 9 aromatic rings. The van der Waals surface area contributed by atoms with Crippen LogP contribution >= 0.6 is 0 Å². The predicted octanol–water partition coefficient (Wildman–Crippen LogP) is 10.6. The van der Waals surface area contributed by atoms with Crippen LogP contribution in [0.15, 0.2) is 176 Å². The molecular formula is C45H31N3. The summed E-state index contributed by atoms with van der Waals surface area (Å²) < 4.78 is 7.61. The Balaban J connectivity index is 1.24. The zero-order valence-electron chi connectivity index (χ0n) is 26.2. The second kappa shape index (κ2) is 9.49. The van der Waals surface area contributed by atoms with Crippen LogP contribution in [-0.2, 0) is 5.41 Å². The maximum atomic E-state index is 2.63. The van der Waals surface area contributed by atoms with Crippen molar-refractivity contribution in [3.05, 3.63) is 204 Å².